The van der Waals surface area contributed by atoms with Crippen molar-refractivity contribution in [1.82, 2.24) is 4.90 Å². The Kier molecular flexibility index (Phi) is 4.05. The predicted octanol–water partition coefficient (Wildman–Crippen LogP) is 3.16. The Morgan fingerprint density at radius 2 is 2.26 bits per heavy atom. The second kappa shape index (κ2) is 5.57. The zero-order valence-electron chi connectivity index (χ0n) is 11.6. The van der Waals surface area contributed by atoms with Crippen LogP contribution in [0, 0.1) is 0 Å². The van der Waals surface area contributed by atoms with E-state index in [0.29, 0.717) is 0 Å². The molecule has 3 heteroatoms. The van der Waals surface area contributed by atoms with E-state index in [1.807, 2.05) is 12.1 Å². The van der Waals surface area contributed by atoms with Crippen molar-refractivity contribution in [2.24, 2.45) is 0 Å². The average Bonchev–Trinajstić information content (AvgIpc) is 2.67. The fourth-order valence-corrected chi connectivity index (χ4v) is 2.64. The van der Waals surface area contributed by atoms with Gasteiger partial charge in [0.05, 0.1) is 0 Å². The van der Waals surface area contributed by atoms with Gasteiger partial charge in [-0.2, -0.15) is 0 Å². The summed E-state index contributed by atoms with van der Waals surface area (Å²) in [4.78, 5) is 13.0. The molecule has 102 valence electrons. The highest BCUT2D eigenvalue weighted by Gasteiger charge is 2.31. The largest absolute Gasteiger partial charge is 0.478 e. The molecule has 0 atom stereocenters. The Morgan fingerprint density at radius 3 is 2.89 bits per heavy atom. The zero-order valence-corrected chi connectivity index (χ0v) is 11.6. The molecule has 1 aromatic carbocycles. The summed E-state index contributed by atoms with van der Waals surface area (Å²) in [6.45, 7) is 6.65. The smallest absolute Gasteiger partial charge is 0.328 e. The summed E-state index contributed by atoms with van der Waals surface area (Å²) >= 11 is 0. The highest BCUT2D eigenvalue weighted by atomic mass is 16.4. The molecule has 1 heterocycles. The van der Waals surface area contributed by atoms with Gasteiger partial charge in [0.25, 0.3) is 0 Å². The lowest BCUT2D eigenvalue weighted by Gasteiger charge is -2.31. The van der Waals surface area contributed by atoms with Crippen LogP contribution in [0.3, 0.4) is 0 Å². The van der Waals surface area contributed by atoms with E-state index in [1.165, 1.54) is 24.5 Å². The first-order chi connectivity index (χ1) is 8.97. The van der Waals surface area contributed by atoms with Crippen LogP contribution in [0.1, 0.15) is 37.8 Å². The van der Waals surface area contributed by atoms with Crippen molar-refractivity contribution in [2.75, 3.05) is 6.54 Å². The summed E-state index contributed by atoms with van der Waals surface area (Å²) < 4.78 is 0. The molecule has 1 aliphatic rings. The number of likely N-dealkylation sites (tertiary alicyclic amines) is 1. The fraction of sp³-hybridized carbons (Fsp3) is 0.438. The van der Waals surface area contributed by atoms with Crippen LogP contribution in [0.25, 0.3) is 6.08 Å². The van der Waals surface area contributed by atoms with E-state index in [2.05, 4.69) is 30.9 Å². The van der Waals surface area contributed by atoms with E-state index < -0.39 is 5.97 Å². The zero-order chi connectivity index (χ0) is 13.9. The van der Waals surface area contributed by atoms with Crippen LogP contribution in [-0.2, 0) is 11.3 Å². The highest BCUT2D eigenvalue weighted by molar-refractivity contribution is 5.85. The molecule has 0 bridgehead atoms. The minimum absolute atomic E-state index is 0.271. The normalized spacial score (nSPS) is 19.1. The second-order valence-electron chi connectivity index (χ2n) is 5.75. The molecular weight excluding hydrogens is 238 g/mol. The van der Waals surface area contributed by atoms with Crippen molar-refractivity contribution in [2.45, 2.75) is 38.8 Å². The van der Waals surface area contributed by atoms with E-state index >= 15 is 0 Å². The molecule has 0 unspecified atom stereocenters. The van der Waals surface area contributed by atoms with E-state index in [-0.39, 0.29) is 5.54 Å². The number of benzene rings is 1. The fourth-order valence-electron chi connectivity index (χ4n) is 2.64. The van der Waals surface area contributed by atoms with Gasteiger partial charge >= 0.3 is 5.97 Å². The summed E-state index contributed by atoms with van der Waals surface area (Å²) in [6, 6.07) is 8.08. The monoisotopic (exact) mass is 259 g/mol. The third-order valence-corrected chi connectivity index (χ3v) is 3.82. The number of hydrogen-bond acceptors (Lipinski definition) is 2. The van der Waals surface area contributed by atoms with Gasteiger partial charge in [-0.1, -0.05) is 24.3 Å². The van der Waals surface area contributed by atoms with Crippen molar-refractivity contribution >= 4 is 12.0 Å². The molecule has 3 nitrogen and oxygen atoms in total. The van der Waals surface area contributed by atoms with Crippen LogP contribution in [0.4, 0.5) is 0 Å². The molecule has 1 fully saturated rings. The summed E-state index contributed by atoms with van der Waals surface area (Å²) in [5, 5.41) is 8.65. The molecule has 1 aliphatic heterocycles. The number of aliphatic carboxylic acids is 1. The molecule has 19 heavy (non-hydrogen) atoms. The van der Waals surface area contributed by atoms with Gasteiger partial charge in [-0.15, -0.1) is 0 Å². The van der Waals surface area contributed by atoms with Gasteiger partial charge in [0.2, 0.25) is 0 Å². The number of rotatable bonds is 4. The quantitative estimate of drug-likeness (QED) is 0.844. The molecule has 0 aromatic heterocycles. The molecule has 0 spiro atoms. The van der Waals surface area contributed by atoms with Crippen molar-refractivity contribution in [3.05, 3.63) is 41.5 Å². The van der Waals surface area contributed by atoms with Gasteiger partial charge in [0.15, 0.2) is 0 Å². The van der Waals surface area contributed by atoms with Crippen LogP contribution in [0.2, 0.25) is 0 Å². The number of nitrogens with zero attached hydrogens (tertiary/aromatic N) is 1. The van der Waals surface area contributed by atoms with Crippen molar-refractivity contribution in [3.8, 4) is 0 Å². The molecule has 0 aliphatic carbocycles. The van der Waals surface area contributed by atoms with Gasteiger partial charge in [-0.05, 0) is 50.4 Å². The van der Waals surface area contributed by atoms with Crippen LogP contribution < -0.4 is 0 Å². The first kappa shape index (κ1) is 13.8. The second-order valence-corrected chi connectivity index (χ2v) is 5.75. The van der Waals surface area contributed by atoms with Crippen molar-refractivity contribution in [3.63, 3.8) is 0 Å². The molecule has 1 N–H and O–H groups in total. The molecule has 0 amide bonds. The average molecular weight is 259 g/mol. The predicted molar refractivity (Wildman–Crippen MR) is 76.8 cm³/mol. The van der Waals surface area contributed by atoms with Gasteiger partial charge in [-0.3, -0.25) is 4.90 Å². The van der Waals surface area contributed by atoms with Crippen LogP contribution in [0.5, 0.6) is 0 Å². The summed E-state index contributed by atoms with van der Waals surface area (Å²) in [7, 11) is 0. The minimum Gasteiger partial charge on any atom is -0.478 e. The Morgan fingerprint density at radius 1 is 1.47 bits per heavy atom. The molecule has 1 saturated heterocycles. The van der Waals surface area contributed by atoms with Gasteiger partial charge in [0.1, 0.15) is 0 Å². The summed E-state index contributed by atoms with van der Waals surface area (Å²) in [5.74, 6) is -0.911. The van der Waals surface area contributed by atoms with Crippen molar-refractivity contribution in [1.29, 1.82) is 0 Å². The minimum atomic E-state index is -0.911. The first-order valence-corrected chi connectivity index (χ1v) is 6.72. The summed E-state index contributed by atoms with van der Waals surface area (Å²) in [5.41, 5.74) is 2.45. The summed E-state index contributed by atoms with van der Waals surface area (Å²) in [6.07, 6.45) is 5.32. The molecular formula is C16H21NO2. The van der Waals surface area contributed by atoms with Gasteiger partial charge < -0.3 is 5.11 Å². The standard InChI is InChI=1S/C16H21NO2/c1-16(2)9-4-10-17(16)12-14-6-3-5-13(11-14)7-8-15(18)19/h3,5-8,11H,4,9-10,12H2,1-2H3,(H,18,19). The van der Waals surface area contributed by atoms with Crippen LogP contribution >= 0.6 is 0 Å². The topological polar surface area (TPSA) is 40.5 Å². The Hall–Kier alpha value is -1.61. The lowest BCUT2D eigenvalue weighted by atomic mass is 10.0. The van der Waals surface area contributed by atoms with Gasteiger partial charge in [0, 0.05) is 18.2 Å². The number of carboxylic acid groups (broad SMARTS) is 1. The lowest BCUT2D eigenvalue weighted by molar-refractivity contribution is -0.131. The lowest BCUT2D eigenvalue weighted by Crippen LogP contribution is -2.37. The molecule has 2 rings (SSSR count). The Balaban J connectivity index is 2.09. The van der Waals surface area contributed by atoms with Crippen molar-refractivity contribution < 1.29 is 9.90 Å². The number of carboxylic acids is 1. The van der Waals surface area contributed by atoms with E-state index in [4.69, 9.17) is 5.11 Å². The van der Waals surface area contributed by atoms with E-state index in [9.17, 15) is 4.79 Å². The molecule has 0 radical (unpaired) electrons. The van der Waals surface area contributed by atoms with Crippen LogP contribution in [0.15, 0.2) is 30.3 Å². The third kappa shape index (κ3) is 3.67. The van der Waals surface area contributed by atoms with Gasteiger partial charge in [-0.25, -0.2) is 4.79 Å². The SMILES string of the molecule is CC1(C)CCCN1Cc1cccc(C=CC(=O)O)c1. The first-order valence-electron chi connectivity index (χ1n) is 6.72. The Labute approximate surface area is 114 Å². The number of hydrogen-bond donors (Lipinski definition) is 1. The molecule has 1 aromatic rings. The highest BCUT2D eigenvalue weighted by Crippen LogP contribution is 2.29. The maximum atomic E-state index is 10.5. The molecule has 0 saturated carbocycles. The third-order valence-electron chi connectivity index (χ3n) is 3.82. The van der Waals surface area contributed by atoms with E-state index in [0.717, 1.165) is 18.7 Å². The maximum absolute atomic E-state index is 10.5. The van der Waals surface area contributed by atoms with Crippen LogP contribution in [-0.4, -0.2) is 28.1 Å². The van der Waals surface area contributed by atoms with E-state index in [1.54, 1.807) is 6.08 Å². The Bertz CT molecular complexity index is 491. The number of carbonyl (C=O) groups is 1. The maximum Gasteiger partial charge on any atom is 0.328 e.